The highest BCUT2D eigenvalue weighted by Gasteiger charge is 2.20. The fourth-order valence-electron chi connectivity index (χ4n) is 1.15. The van der Waals surface area contributed by atoms with Crippen molar-refractivity contribution in [3.8, 4) is 0 Å². The van der Waals surface area contributed by atoms with E-state index in [0.717, 1.165) is 19.8 Å². The summed E-state index contributed by atoms with van der Waals surface area (Å²) in [6.07, 6.45) is 2.38. The highest BCUT2D eigenvalue weighted by molar-refractivity contribution is 4.77. The Kier molecular flexibility index (Phi) is 6.46. The first-order chi connectivity index (χ1) is 6.77. The molecule has 0 saturated heterocycles. The normalized spacial score (nSPS) is 13.2. The van der Waals surface area contributed by atoms with Crippen molar-refractivity contribution in [2.24, 2.45) is 5.41 Å². The van der Waals surface area contributed by atoms with Crippen molar-refractivity contribution in [1.29, 1.82) is 0 Å². The summed E-state index contributed by atoms with van der Waals surface area (Å²) in [5, 5.41) is 3.52. The number of nitrogens with one attached hydrogen (secondary N) is 1. The van der Waals surface area contributed by atoms with Gasteiger partial charge in [-0.1, -0.05) is 27.2 Å². The van der Waals surface area contributed by atoms with Crippen LogP contribution in [0, 0.1) is 5.41 Å². The zero-order valence-electron chi connectivity index (χ0n) is 11.4. The van der Waals surface area contributed by atoms with E-state index in [9.17, 15) is 0 Å². The Balaban J connectivity index is 3.67. The minimum Gasteiger partial charge on any atom is -0.381 e. The lowest BCUT2D eigenvalue weighted by molar-refractivity contribution is 0.0573. The van der Waals surface area contributed by atoms with E-state index in [0.29, 0.717) is 0 Å². The lowest BCUT2D eigenvalue weighted by Gasteiger charge is -2.30. The number of unbranched alkanes of at least 4 members (excludes halogenated alkanes) is 1. The molecule has 0 spiro atoms. The van der Waals surface area contributed by atoms with E-state index < -0.39 is 0 Å². The van der Waals surface area contributed by atoms with Crippen molar-refractivity contribution in [2.75, 3.05) is 19.8 Å². The van der Waals surface area contributed by atoms with E-state index in [-0.39, 0.29) is 11.0 Å². The molecule has 1 N–H and O–H groups in total. The van der Waals surface area contributed by atoms with Gasteiger partial charge in [0.2, 0.25) is 0 Å². The van der Waals surface area contributed by atoms with Crippen molar-refractivity contribution in [3.05, 3.63) is 0 Å². The van der Waals surface area contributed by atoms with Crippen LogP contribution in [0.5, 0.6) is 0 Å². The smallest absolute Gasteiger partial charge is 0.0529 e. The second-order valence-corrected chi connectivity index (χ2v) is 6.17. The molecule has 0 aliphatic rings. The summed E-state index contributed by atoms with van der Waals surface area (Å²) in [5.74, 6) is 0. The van der Waals surface area contributed by atoms with Crippen LogP contribution in [0.15, 0.2) is 0 Å². The van der Waals surface area contributed by atoms with Gasteiger partial charge in [0.15, 0.2) is 0 Å². The molecule has 2 nitrogen and oxygen atoms in total. The van der Waals surface area contributed by atoms with E-state index in [4.69, 9.17) is 4.74 Å². The van der Waals surface area contributed by atoms with Gasteiger partial charge >= 0.3 is 0 Å². The predicted molar refractivity (Wildman–Crippen MR) is 67.3 cm³/mol. The first-order valence-electron chi connectivity index (χ1n) is 6.10. The van der Waals surface area contributed by atoms with Crippen LogP contribution in [0.2, 0.25) is 0 Å². The van der Waals surface area contributed by atoms with Gasteiger partial charge in [0, 0.05) is 24.1 Å². The summed E-state index contributed by atoms with van der Waals surface area (Å²) in [4.78, 5) is 0. The quantitative estimate of drug-likeness (QED) is 0.658. The van der Waals surface area contributed by atoms with Crippen LogP contribution in [-0.2, 0) is 4.74 Å². The van der Waals surface area contributed by atoms with Gasteiger partial charge in [-0.15, -0.1) is 0 Å². The molecular formula is C13H29NO. The molecule has 0 fully saturated rings. The van der Waals surface area contributed by atoms with Crippen molar-refractivity contribution in [2.45, 2.75) is 59.9 Å². The number of hydrogen-bond donors (Lipinski definition) is 1. The van der Waals surface area contributed by atoms with E-state index in [1.807, 2.05) is 0 Å². The third-order valence-electron chi connectivity index (χ3n) is 2.23. The Bertz CT molecular complexity index is 158. The largest absolute Gasteiger partial charge is 0.381 e. The van der Waals surface area contributed by atoms with Crippen molar-refractivity contribution in [1.82, 2.24) is 5.32 Å². The van der Waals surface area contributed by atoms with Gasteiger partial charge in [-0.2, -0.15) is 0 Å². The Hall–Kier alpha value is -0.0800. The molecule has 0 aliphatic heterocycles. The van der Waals surface area contributed by atoms with Gasteiger partial charge in [-0.3, -0.25) is 0 Å². The average molecular weight is 215 g/mol. The molecule has 0 aromatic rings. The molecule has 0 rings (SSSR count). The molecule has 0 bridgehead atoms. The lowest BCUT2D eigenvalue weighted by Crippen LogP contribution is -2.43. The first kappa shape index (κ1) is 14.9. The maximum atomic E-state index is 5.66. The van der Waals surface area contributed by atoms with Crippen molar-refractivity contribution in [3.63, 3.8) is 0 Å². The van der Waals surface area contributed by atoms with Crippen LogP contribution >= 0.6 is 0 Å². The Morgan fingerprint density at radius 2 is 1.67 bits per heavy atom. The van der Waals surface area contributed by atoms with E-state index in [2.05, 4.69) is 46.9 Å². The molecule has 92 valence electrons. The molecule has 0 atom stereocenters. The second kappa shape index (κ2) is 6.49. The zero-order chi connectivity index (χ0) is 11.9. The summed E-state index contributed by atoms with van der Waals surface area (Å²) in [5.41, 5.74) is 0.418. The maximum absolute atomic E-state index is 5.66. The third-order valence-corrected chi connectivity index (χ3v) is 2.23. The zero-order valence-corrected chi connectivity index (χ0v) is 11.4. The molecular weight excluding hydrogens is 186 g/mol. The minimum atomic E-state index is 0.195. The minimum absolute atomic E-state index is 0.195. The fourth-order valence-corrected chi connectivity index (χ4v) is 1.15. The average Bonchev–Trinajstić information content (AvgIpc) is 2.09. The van der Waals surface area contributed by atoms with Crippen LogP contribution in [0.4, 0.5) is 0 Å². The third kappa shape index (κ3) is 10.2. The summed E-state index contributed by atoms with van der Waals surface area (Å²) < 4.78 is 5.66. The van der Waals surface area contributed by atoms with Gasteiger partial charge in [-0.25, -0.2) is 0 Å². The lowest BCUT2D eigenvalue weighted by atomic mass is 9.93. The number of rotatable bonds is 7. The molecule has 0 aliphatic carbocycles. The van der Waals surface area contributed by atoms with Gasteiger partial charge in [0.05, 0.1) is 6.61 Å². The van der Waals surface area contributed by atoms with Gasteiger partial charge in [0.25, 0.3) is 0 Å². The predicted octanol–water partition coefficient (Wildman–Crippen LogP) is 3.22. The van der Waals surface area contributed by atoms with Gasteiger partial charge in [-0.05, 0) is 27.2 Å². The monoisotopic (exact) mass is 215 g/mol. The van der Waals surface area contributed by atoms with Crippen molar-refractivity contribution < 1.29 is 4.74 Å². The molecule has 0 amide bonds. The SMILES string of the molecule is CCCCOCC(C)(C)CNC(C)(C)C. The highest BCUT2D eigenvalue weighted by Crippen LogP contribution is 2.15. The Labute approximate surface area is 95.8 Å². The summed E-state index contributed by atoms with van der Waals surface area (Å²) in [6.45, 7) is 16.0. The number of hydrogen-bond acceptors (Lipinski definition) is 2. The molecule has 0 aromatic carbocycles. The molecule has 0 heterocycles. The van der Waals surface area contributed by atoms with Crippen LogP contribution < -0.4 is 5.32 Å². The van der Waals surface area contributed by atoms with Crippen LogP contribution in [0.3, 0.4) is 0 Å². The molecule has 0 saturated carbocycles. The second-order valence-electron chi connectivity index (χ2n) is 6.17. The molecule has 15 heavy (non-hydrogen) atoms. The van der Waals surface area contributed by atoms with E-state index in [1.165, 1.54) is 12.8 Å². The van der Waals surface area contributed by atoms with E-state index in [1.54, 1.807) is 0 Å². The maximum Gasteiger partial charge on any atom is 0.0529 e. The first-order valence-corrected chi connectivity index (χ1v) is 6.10. The fraction of sp³-hybridized carbons (Fsp3) is 1.00. The summed E-state index contributed by atoms with van der Waals surface area (Å²) >= 11 is 0. The van der Waals surface area contributed by atoms with E-state index >= 15 is 0 Å². The van der Waals surface area contributed by atoms with Crippen LogP contribution in [-0.4, -0.2) is 25.3 Å². The summed E-state index contributed by atoms with van der Waals surface area (Å²) in [6, 6.07) is 0. The molecule has 0 unspecified atom stereocenters. The van der Waals surface area contributed by atoms with Crippen molar-refractivity contribution >= 4 is 0 Å². The Morgan fingerprint density at radius 3 is 2.13 bits per heavy atom. The van der Waals surface area contributed by atoms with Crippen LogP contribution in [0.1, 0.15) is 54.4 Å². The number of ether oxygens (including phenoxy) is 1. The summed E-state index contributed by atoms with van der Waals surface area (Å²) in [7, 11) is 0. The molecule has 2 heteroatoms. The Morgan fingerprint density at radius 1 is 1.07 bits per heavy atom. The molecule has 0 radical (unpaired) electrons. The highest BCUT2D eigenvalue weighted by atomic mass is 16.5. The topological polar surface area (TPSA) is 21.3 Å². The molecule has 0 aromatic heterocycles. The van der Waals surface area contributed by atoms with Gasteiger partial charge in [0.1, 0.15) is 0 Å². The van der Waals surface area contributed by atoms with Gasteiger partial charge < -0.3 is 10.1 Å². The van der Waals surface area contributed by atoms with Crippen LogP contribution in [0.25, 0.3) is 0 Å². The standard InChI is InChI=1S/C13H29NO/c1-7-8-9-15-11-13(5,6)10-14-12(2,3)4/h14H,7-11H2,1-6H3.